The van der Waals surface area contributed by atoms with E-state index in [0.717, 1.165) is 18.8 Å². The fraction of sp³-hybridized carbons (Fsp3) is 1.00. The Hall–Kier alpha value is -0.130. The molecule has 0 saturated carbocycles. The van der Waals surface area contributed by atoms with E-state index in [1.807, 2.05) is 6.92 Å². The zero-order chi connectivity index (χ0) is 14.0. The summed E-state index contributed by atoms with van der Waals surface area (Å²) in [5, 5.41) is 0. The van der Waals surface area contributed by atoms with E-state index in [1.165, 1.54) is 32.1 Å². The third-order valence-corrected chi connectivity index (χ3v) is 3.61. The molecule has 18 heavy (non-hydrogen) atoms. The highest BCUT2D eigenvalue weighted by Gasteiger charge is 2.09. The second kappa shape index (κ2) is 9.75. The van der Waals surface area contributed by atoms with Gasteiger partial charge in [0.1, 0.15) is 0 Å². The molecule has 2 atom stereocenters. The standard InChI is InChI=1S/C13H28O4S/c1-4-8-12(2)9-6-5-7-10-13(3)11-17-18(14,15)16/h12-13H,4-11H2,1-3H3,(H,14,15,16). The molecule has 1 N–H and O–H groups in total. The molecule has 0 aliphatic rings. The van der Waals surface area contributed by atoms with Crippen molar-refractivity contribution in [1.82, 2.24) is 0 Å². The van der Waals surface area contributed by atoms with Crippen LogP contribution in [-0.4, -0.2) is 19.6 Å². The van der Waals surface area contributed by atoms with E-state index in [1.54, 1.807) is 0 Å². The first-order chi connectivity index (χ1) is 8.35. The summed E-state index contributed by atoms with van der Waals surface area (Å²) >= 11 is 0. The molecule has 0 heterocycles. The smallest absolute Gasteiger partial charge is 0.264 e. The van der Waals surface area contributed by atoms with Gasteiger partial charge in [-0.3, -0.25) is 4.55 Å². The summed E-state index contributed by atoms with van der Waals surface area (Å²) in [6.45, 7) is 6.52. The predicted octanol–water partition coefficient (Wildman–Crippen LogP) is 3.83. The van der Waals surface area contributed by atoms with Crippen molar-refractivity contribution in [3.8, 4) is 0 Å². The van der Waals surface area contributed by atoms with Crippen molar-refractivity contribution in [3.05, 3.63) is 0 Å². The lowest BCUT2D eigenvalue weighted by Gasteiger charge is -2.11. The Balaban J connectivity index is 3.43. The molecule has 0 aliphatic heterocycles. The summed E-state index contributed by atoms with van der Waals surface area (Å²) in [7, 11) is -4.27. The summed E-state index contributed by atoms with van der Waals surface area (Å²) in [6, 6.07) is 0. The van der Waals surface area contributed by atoms with Gasteiger partial charge < -0.3 is 0 Å². The molecular formula is C13H28O4S. The van der Waals surface area contributed by atoms with Gasteiger partial charge in [-0.05, 0) is 18.3 Å². The third kappa shape index (κ3) is 12.3. The van der Waals surface area contributed by atoms with Gasteiger partial charge in [-0.1, -0.05) is 59.3 Å². The van der Waals surface area contributed by atoms with Crippen molar-refractivity contribution in [2.75, 3.05) is 6.61 Å². The highest BCUT2D eigenvalue weighted by molar-refractivity contribution is 7.80. The summed E-state index contributed by atoms with van der Waals surface area (Å²) < 4.78 is 33.5. The fourth-order valence-corrected chi connectivity index (χ4v) is 2.49. The molecule has 0 aromatic heterocycles. The van der Waals surface area contributed by atoms with Crippen molar-refractivity contribution in [2.24, 2.45) is 11.8 Å². The minimum absolute atomic E-state index is 0.0745. The molecule has 0 aliphatic carbocycles. The van der Waals surface area contributed by atoms with Crippen LogP contribution in [0.3, 0.4) is 0 Å². The monoisotopic (exact) mass is 280 g/mol. The Morgan fingerprint density at radius 3 is 2.06 bits per heavy atom. The van der Waals surface area contributed by atoms with Crippen LogP contribution in [0.15, 0.2) is 0 Å². The van der Waals surface area contributed by atoms with Crippen molar-refractivity contribution >= 4 is 10.4 Å². The van der Waals surface area contributed by atoms with Gasteiger partial charge in [0.15, 0.2) is 0 Å². The van der Waals surface area contributed by atoms with E-state index < -0.39 is 10.4 Å². The normalized spacial score (nSPS) is 15.6. The minimum Gasteiger partial charge on any atom is -0.264 e. The molecule has 0 saturated heterocycles. The highest BCUT2D eigenvalue weighted by atomic mass is 32.3. The molecule has 0 amide bonds. The number of rotatable bonds is 11. The average molecular weight is 280 g/mol. The molecule has 0 aromatic carbocycles. The van der Waals surface area contributed by atoms with Gasteiger partial charge in [-0.15, -0.1) is 0 Å². The van der Waals surface area contributed by atoms with Gasteiger partial charge in [-0.2, -0.15) is 8.42 Å². The molecular weight excluding hydrogens is 252 g/mol. The van der Waals surface area contributed by atoms with Gasteiger partial charge in [0.05, 0.1) is 6.61 Å². The maximum absolute atomic E-state index is 10.4. The van der Waals surface area contributed by atoms with Crippen LogP contribution in [0, 0.1) is 11.8 Å². The van der Waals surface area contributed by atoms with Crippen molar-refractivity contribution < 1.29 is 17.2 Å². The fourth-order valence-electron chi connectivity index (χ4n) is 2.08. The van der Waals surface area contributed by atoms with Crippen molar-refractivity contribution in [1.29, 1.82) is 0 Å². The minimum atomic E-state index is -4.27. The first kappa shape index (κ1) is 17.9. The molecule has 5 heteroatoms. The molecule has 4 nitrogen and oxygen atoms in total. The van der Waals surface area contributed by atoms with Crippen LogP contribution in [0.5, 0.6) is 0 Å². The number of unbranched alkanes of at least 4 members (excludes halogenated alkanes) is 2. The number of hydrogen-bond acceptors (Lipinski definition) is 3. The summed E-state index contributed by atoms with van der Waals surface area (Å²) in [4.78, 5) is 0. The Labute approximate surface area is 112 Å². The van der Waals surface area contributed by atoms with Crippen molar-refractivity contribution in [2.45, 2.75) is 65.7 Å². The molecule has 110 valence electrons. The highest BCUT2D eigenvalue weighted by Crippen LogP contribution is 2.17. The predicted molar refractivity (Wildman–Crippen MR) is 73.8 cm³/mol. The second-order valence-electron chi connectivity index (χ2n) is 5.35. The van der Waals surface area contributed by atoms with E-state index >= 15 is 0 Å². The Bertz CT molecular complexity index is 287. The largest absolute Gasteiger partial charge is 0.397 e. The van der Waals surface area contributed by atoms with Crippen LogP contribution in [-0.2, 0) is 14.6 Å². The maximum atomic E-state index is 10.4. The SMILES string of the molecule is CCCC(C)CCCCCC(C)COS(=O)(=O)O. The Morgan fingerprint density at radius 1 is 1.00 bits per heavy atom. The number of hydrogen-bond donors (Lipinski definition) is 1. The molecule has 0 spiro atoms. The lowest BCUT2D eigenvalue weighted by atomic mass is 9.97. The molecule has 0 aromatic rings. The molecule has 0 fully saturated rings. The molecule has 2 unspecified atom stereocenters. The van der Waals surface area contributed by atoms with Crippen LogP contribution in [0.2, 0.25) is 0 Å². The first-order valence-corrected chi connectivity index (χ1v) is 8.33. The Kier molecular flexibility index (Phi) is 9.68. The van der Waals surface area contributed by atoms with Crippen LogP contribution in [0.4, 0.5) is 0 Å². The zero-order valence-electron chi connectivity index (χ0n) is 11.9. The summed E-state index contributed by atoms with van der Waals surface area (Å²) in [5.74, 6) is 0.982. The van der Waals surface area contributed by atoms with E-state index in [-0.39, 0.29) is 12.5 Å². The zero-order valence-corrected chi connectivity index (χ0v) is 12.7. The van der Waals surface area contributed by atoms with E-state index in [2.05, 4.69) is 18.0 Å². The third-order valence-electron chi connectivity index (χ3n) is 3.18. The van der Waals surface area contributed by atoms with E-state index in [4.69, 9.17) is 4.55 Å². The topological polar surface area (TPSA) is 63.6 Å². The van der Waals surface area contributed by atoms with Gasteiger partial charge in [0.25, 0.3) is 0 Å². The van der Waals surface area contributed by atoms with E-state index in [0.29, 0.717) is 0 Å². The van der Waals surface area contributed by atoms with Gasteiger partial charge in [0.2, 0.25) is 0 Å². The maximum Gasteiger partial charge on any atom is 0.397 e. The molecule has 0 radical (unpaired) electrons. The average Bonchev–Trinajstić information content (AvgIpc) is 2.25. The summed E-state index contributed by atoms with van der Waals surface area (Å²) in [5.41, 5.74) is 0. The van der Waals surface area contributed by atoms with Crippen LogP contribution in [0.1, 0.15) is 65.7 Å². The molecule has 0 rings (SSSR count). The van der Waals surface area contributed by atoms with Crippen LogP contribution < -0.4 is 0 Å². The van der Waals surface area contributed by atoms with Gasteiger partial charge >= 0.3 is 10.4 Å². The van der Waals surface area contributed by atoms with Gasteiger partial charge in [0, 0.05) is 0 Å². The van der Waals surface area contributed by atoms with Crippen LogP contribution >= 0.6 is 0 Å². The van der Waals surface area contributed by atoms with E-state index in [9.17, 15) is 8.42 Å². The lowest BCUT2D eigenvalue weighted by molar-refractivity contribution is 0.222. The quantitative estimate of drug-likeness (QED) is 0.461. The van der Waals surface area contributed by atoms with Gasteiger partial charge in [-0.25, -0.2) is 4.18 Å². The molecule has 0 bridgehead atoms. The lowest BCUT2D eigenvalue weighted by Crippen LogP contribution is -2.11. The van der Waals surface area contributed by atoms with Crippen LogP contribution in [0.25, 0.3) is 0 Å². The van der Waals surface area contributed by atoms with Crippen molar-refractivity contribution in [3.63, 3.8) is 0 Å². The summed E-state index contributed by atoms with van der Waals surface area (Å²) in [6.07, 6.45) is 8.30. The second-order valence-corrected chi connectivity index (χ2v) is 6.44. The Morgan fingerprint density at radius 2 is 1.56 bits per heavy atom. The first-order valence-electron chi connectivity index (χ1n) is 6.97.